The molecule has 0 spiro atoms. The molecule has 2 aromatic rings. The molecule has 0 N–H and O–H groups in total. The van der Waals surface area contributed by atoms with Gasteiger partial charge >= 0.3 is 5.97 Å². The molecule has 1 aliphatic heterocycles. The Bertz CT molecular complexity index is 689. The van der Waals surface area contributed by atoms with Gasteiger partial charge in [0.15, 0.2) is 0 Å². The van der Waals surface area contributed by atoms with Gasteiger partial charge in [0.25, 0.3) is 0 Å². The number of benzene rings is 1. The lowest BCUT2D eigenvalue weighted by Crippen LogP contribution is -2.43. The minimum absolute atomic E-state index is 0.110. The number of rotatable bonds is 5. The van der Waals surface area contributed by atoms with E-state index in [1.807, 2.05) is 64.3 Å². The van der Waals surface area contributed by atoms with Crippen molar-refractivity contribution in [3.63, 3.8) is 0 Å². The number of nitrogens with zero attached hydrogens (tertiary/aromatic N) is 2. The van der Waals surface area contributed by atoms with E-state index in [1.165, 1.54) is 7.11 Å². The number of ether oxygens (including phenoxy) is 1. The van der Waals surface area contributed by atoms with Crippen LogP contribution in [0.1, 0.15) is 30.9 Å². The highest BCUT2D eigenvalue weighted by Crippen LogP contribution is 2.26. The molecule has 0 bridgehead atoms. The van der Waals surface area contributed by atoms with Crippen LogP contribution in [-0.2, 0) is 14.3 Å². The van der Waals surface area contributed by atoms with Crippen molar-refractivity contribution in [1.82, 2.24) is 9.47 Å². The summed E-state index contributed by atoms with van der Waals surface area (Å²) < 4.78 is 6.71. The zero-order valence-corrected chi connectivity index (χ0v) is 14.5. The Labute approximate surface area is 148 Å². The highest BCUT2D eigenvalue weighted by molar-refractivity contribution is 5.84. The number of esters is 1. The van der Waals surface area contributed by atoms with Crippen LogP contribution < -0.4 is 0 Å². The molecule has 1 aliphatic rings. The van der Waals surface area contributed by atoms with E-state index in [0.29, 0.717) is 25.4 Å². The first-order chi connectivity index (χ1) is 12.2. The lowest BCUT2D eigenvalue weighted by Gasteiger charge is -2.34. The third kappa shape index (κ3) is 4.10. The SMILES string of the molecule is COC(=O)CC1CCN(C(=O)[C@@H](c2ccccc2)n2cccc2)CC1. The molecule has 1 amide bonds. The summed E-state index contributed by atoms with van der Waals surface area (Å²) in [5.41, 5.74) is 0.986. The van der Waals surface area contributed by atoms with Crippen molar-refractivity contribution in [2.24, 2.45) is 5.92 Å². The van der Waals surface area contributed by atoms with Crippen molar-refractivity contribution in [3.8, 4) is 0 Å². The molecule has 0 saturated carbocycles. The van der Waals surface area contributed by atoms with Crippen LogP contribution in [0.2, 0.25) is 0 Å². The van der Waals surface area contributed by atoms with Crippen molar-refractivity contribution in [3.05, 3.63) is 60.4 Å². The number of hydrogen-bond donors (Lipinski definition) is 0. The van der Waals surface area contributed by atoms with Crippen LogP contribution in [0, 0.1) is 5.92 Å². The lowest BCUT2D eigenvalue weighted by molar-refractivity contribution is -0.142. The monoisotopic (exact) mass is 340 g/mol. The Morgan fingerprint density at radius 2 is 1.72 bits per heavy atom. The minimum atomic E-state index is -0.339. The van der Waals surface area contributed by atoms with E-state index in [4.69, 9.17) is 4.74 Å². The van der Waals surface area contributed by atoms with E-state index >= 15 is 0 Å². The minimum Gasteiger partial charge on any atom is -0.469 e. The van der Waals surface area contributed by atoms with E-state index in [2.05, 4.69) is 0 Å². The van der Waals surface area contributed by atoms with Crippen molar-refractivity contribution >= 4 is 11.9 Å². The third-order valence-corrected chi connectivity index (χ3v) is 4.88. The Morgan fingerprint density at radius 1 is 1.08 bits per heavy atom. The van der Waals surface area contributed by atoms with Gasteiger partial charge in [-0.05, 0) is 36.5 Å². The summed E-state index contributed by atoms with van der Waals surface area (Å²) in [6.07, 6.45) is 5.99. The van der Waals surface area contributed by atoms with Gasteiger partial charge < -0.3 is 14.2 Å². The summed E-state index contributed by atoms with van der Waals surface area (Å²) >= 11 is 0. The molecule has 3 rings (SSSR count). The first kappa shape index (κ1) is 17.3. The Balaban J connectivity index is 1.71. The van der Waals surface area contributed by atoms with Gasteiger partial charge in [0.2, 0.25) is 5.91 Å². The van der Waals surface area contributed by atoms with Gasteiger partial charge in [0, 0.05) is 31.9 Å². The summed E-state index contributed by atoms with van der Waals surface area (Å²) in [5, 5.41) is 0. The van der Waals surface area contributed by atoms with Crippen LogP contribution >= 0.6 is 0 Å². The van der Waals surface area contributed by atoms with Crippen molar-refractivity contribution in [1.29, 1.82) is 0 Å². The fraction of sp³-hybridized carbons (Fsp3) is 0.400. The van der Waals surface area contributed by atoms with Crippen LogP contribution in [0.5, 0.6) is 0 Å². The highest BCUT2D eigenvalue weighted by atomic mass is 16.5. The number of piperidine rings is 1. The largest absolute Gasteiger partial charge is 0.469 e. The van der Waals surface area contributed by atoms with Gasteiger partial charge in [-0.15, -0.1) is 0 Å². The molecule has 0 unspecified atom stereocenters. The fourth-order valence-corrected chi connectivity index (χ4v) is 3.45. The zero-order chi connectivity index (χ0) is 17.6. The van der Waals surface area contributed by atoms with Crippen LogP contribution in [0.15, 0.2) is 54.9 Å². The molecule has 0 aliphatic carbocycles. The lowest BCUT2D eigenvalue weighted by atomic mass is 9.93. The molecular weight excluding hydrogens is 316 g/mol. The van der Waals surface area contributed by atoms with Gasteiger partial charge in [-0.25, -0.2) is 0 Å². The zero-order valence-electron chi connectivity index (χ0n) is 14.5. The maximum absolute atomic E-state index is 13.2. The van der Waals surface area contributed by atoms with Gasteiger partial charge in [0.05, 0.1) is 7.11 Å². The first-order valence-corrected chi connectivity index (χ1v) is 8.72. The molecule has 1 aromatic carbocycles. The summed E-state index contributed by atoms with van der Waals surface area (Å²) in [7, 11) is 1.42. The average Bonchev–Trinajstić information content (AvgIpc) is 3.17. The van der Waals surface area contributed by atoms with E-state index in [9.17, 15) is 9.59 Å². The topological polar surface area (TPSA) is 51.5 Å². The molecule has 2 heterocycles. The number of methoxy groups -OCH3 is 1. The molecule has 0 radical (unpaired) electrons. The van der Waals surface area contributed by atoms with Crippen LogP contribution in [0.4, 0.5) is 0 Å². The highest BCUT2D eigenvalue weighted by Gasteiger charge is 2.30. The number of carbonyl (C=O) groups is 2. The normalized spacial score (nSPS) is 16.4. The standard InChI is InChI=1S/C20H24N2O3/c1-25-18(23)15-16-9-13-22(14-10-16)20(24)19(21-11-5-6-12-21)17-7-3-2-4-8-17/h2-8,11-12,16,19H,9-10,13-15H2,1H3/t19-/m1/s1. The van der Waals surface area contributed by atoms with Gasteiger partial charge in [-0.2, -0.15) is 0 Å². The summed E-state index contributed by atoms with van der Waals surface area (Å²) in [5.74, 6) is 0.247. The second-order valence-electron chi connectivity index (χ2n) is 6.49. The smallest absolute Gasteiger partial charge is 0.305 e. The van der Waals surface area contributed by atoms with E-state index in [1.54, 1.807) is 0 Å². The number of aromatic nitrogens is 1. The molecule has 1 saturated heterocycles. The Hall–Kier alpha value is -2.56. The average molecular weight is 340 g/mol. The Morgan fingerprint density at radius 3 is 2.32 bits per heavy atom. The van der Waals surface area contributed by atoms with Crippen molar-refractivity contribution in [2.45, 2.75) is 25.3 Å². The van der Waals surface area contributed by atoms with Crippen LogP contribution in [-0.4, -0.2) is 41.5 Å². The molecule has 5 heteroatoms. The number of hydrogen-bond acceptors (Lipinski definition) is 3. The van der Waals surface area contributed by atoms with Crippen molar-refractivity contribution in [2.75, 3.05) is 20.2 Å². The van der Waals surface area contributed by atoms with Crippen LogP contribution in [0.25, 0.3) is 0 Å². The Kier molecular flexibility index (Phi) is 5.53. The quantitative estimate of drug-likeness (QED) is 0.787. The maximum atomic E-state index is 13.2. The predicted molar refractivity (Wildman–Crippen MR) is 95.0 cm³/mol. The molecule has 5 nitrogen and oxygen atoms in total. The summed E-state index contributed by atoms with van der Waals surface area (Å²) in [4.78, 5) is 26.6. The molecule has 25 heavy (non-hydrogen) atoms. The molecule has 1 aromatic heterocycles. The fourth-order valence-electron chi connectivity index (χ4n) is 3.45. The maximum Gasteiger partial charge on any atom is 0.305 e. The van der Waals surface area contributed by atoms with Gasteiger partial charge in [-0.3, -0.25) is 9.59 Å². The predicted octanol–water partition coefficient (Wildman–Crippen LogP) is 2.88. The van der Waals surface area contributed by atoms with Crippen LogP contribution in [0.3, 0.4) is 0 Å². The van der Waals surface area contributed by atoms with Gasteiger partial charge in [0.1, 0.15) is 6.04 Å². The number of likely N-dealkylation sites (tertiary alicyclic amines) is 1. The first-order valence-electron chi connectivity index (χ1n) is 8.72. The van der Waals surface area contributed by atoms with E-state index in [0.717, 1.165) is 18.4 Å². The van der Waals surface area contributed by atoms with E-state index in [-0.39, 0.29) is 17.9 Å². The third-order valence-electron chi connectivity index (χ3n) is 4.88. The summed E-state index contributed by atoms with van der Waals surface area (Å²) in [6.45, 7) is 1.37. The molecular formula is C20H24N2O3. The number of carbonyl (C=O) groups excluding carboxylic acids is 2. The van der Waals surface area contributed by atoms with Crippen molar-refractivity contribution < 1.29 is 14.3 Å². The second-order valence-corrected chi connectivity index (χ2v) is 6.49. The molecule has 132 valence electrons. The molecule has 1 fully saturated rings. The summed E-state index contributed by atoms with van der Waals surface area (Å²) in [6, 6.07) is 13.4. The van der Waals surface area contributed by atoms with E-state index < -0.39 is 0 Å². The number of amides is 1. The second kappa shape index (κ2) is 8.01. The molecule has 1 atom stereocenters. The van der Waals surface area contributed by atoms with Gasteiger partial charge in [-0.1, -0.05) is 30.3 Å².